The number of nitrogens with zero attached hydrogens (tertiary/aromatic N) is 2. The molecule has 0 atom stereocenters. The number of carbonyl (C=O) groups is 1. The number of hydrogen-bond acceptors (Lipinski definition) is 5. The molecule has 15 heavy (non-hydrogen) atoms. The van der Waals surface area contributed by atoms with E-state index in [4.69, 9.17) is 4.52 Å². The van der Waals surface area contributed by atoms with E-state index in [1.165, 1.54) is 7.11 Å². The van der Waals surface area contributed by atoms with Crippen molar-refractivity contribution < 1.29 is 14.2 Å². The first-order valence-electron chi connectivity index (χ1n) is 4.89. The van der Waals surface area contributed by atoms with Crippen LogP contribution in [0.2, 0.25) is 0 Å². The Morgan fingerprint density at radius 2 is 2.33 bits per heavy atom. The summed E-state index contributed by atoms with van der Waals surface area (Å²) >= 11 is 0. The molecule has 1 heterocycles. The fraction of sp³-hybridized carbons (Fsp3) is 0.667. The highest BCUT2D eigenvalue weighted by atomic mass is 16.6. The Kier molecular flexibility index (Phi) is 4.76. The number of hydrogen-bond donors (Lipinski definition) is 1. The summed E-state index contributed by atoms with van der Waals surface area (Å²) in [4.78, 5) is 19.6. The van der Waals surface area contributed by atoms with Gasteiger partial charge in [-0.3, -0.25) is 9.63 Å². The fourth-order valence-electron chi connectivity index (χ4n) is 1.10. The van der Waals surface area contributed by atoms with Gasteiger partial charge in [-0.2, -0.15) is 4.98 Å². The Morgan fingerprint density at radius 1 is 1.53 bits per heavy atom. The number of aryl methyl sites for hydroxylation is 2. The van der Waals surface area contributed by atoms with Crippen LogP contribution in [0.4, 0.5) is 0 Å². The molecule has 0 saturated heterocycles. The Hall–Kier alpha value is -1.43. The molecule has 1 aromatic rings. The van der Waals surface area contributed by atoms with E-state index in [0.717, 1.165) is 12.8 Å². The second kappa shape index (κ2) is 6.13. The van der Waals surface area contributed by atoms with Gasteiger partial charge in [-0.1, -0.05) is 12.1 Å². The van der Waals surface area contributed by atoms with Crippen molar-refractivity contribution in [2.75, 3.05) is 7.11 Å². The van der Waals surface area contributed by atoms with Crippen LogP contribution in [0.15, 0.2) is 4.52 Å². The Balaban J connectivity index is 2.34. The van der Waals surface area contributed by atoms with Crippen LogP contribution in [0.1, 0.15) is 31.5 Å². The molecule has 0 aliphatic heterocycles. The van der Waals surface area contributed by atoms with Crippen molar-refractivity contribution in [3.63, 3.8) is 0 Å². The molecule has 6 nitrogen and oxygen atoms in total. The van der Waals surface area contributed by atoms with Crippen LogP contribution in [0, 0.1) is 0 Å². The summed E-state index contributed by atoms with van der Waals surface area (Å²) in [5.41, 5.74) is 2.22. The van der Waals surface area contributed by atoms with E-state index in [1.54, 1.807) is 0 Å². The maximum atomic E-state index is 11.0. The van der Waals surface area contributed by atoms with Gasteiger partial charge in [0.1, 0.15) is 0 Å². The fourth-order valence-corrected chi connectivity index (χ4v) is 1.10. The Bertz CT molecular complexity index is 311. The van der Waals surface area contributed by atoms with Crippen molar-refractivity contribution in [3.8, 4) is 0 Å². The molecule has 1 amide bonds. The molecule has 1 aromatic heterocycles. The zero-order valence-electron chi connectivity index (χ0n) is 8.95. The van der Waals surface area contributed by atoms with Crippen LogP contribution in [0.3, 0.4) is 0 Å². The van der Waals surface area contributed by atoms with Gasteiger partial charge in [-0.05, 0) is 6.42 Å². The SMILES string of the molecule is CCCc1noc(CCC(=O)NOC)n1. The smallest absolute Gasteiger partial charge is 0.244 e. The van der Waals surface area contributed by atoms with Crippen LogP contribution in [0.5, 0.6) is 0 Å². The molecule has 0 spiro atoms. The first-order chi connectivity index (χ1) is 7.26. The molecular weight excluding hydrogens is 198 g/mol. The van der Waals surface area contributed by atoms with E-state index in [9.17, 15) is 4.79 Å². The molecule has 6 heteroatoms. The van der Waals surface area contributed by atoms with Crippen LogP contribution in [-0.4, -0.2) is 23.2 Å². The van der Waals surface area contributed by atoms with Gasteiger partial charge in [0.05, 0.1) is 7.11 Å². The summed E-state index contributed by atoms with van der Waals surface area (Å²) in [7, 11) is 1.39. The summed E-state index contributed by atoms with van der Waals surface area (Å²) in [5, 5.41) is 3.78. The van der Waals surface area contributed by atoms with Crippen molar-refractivity contribution >= 4 is 5.91 Å². The van der Waals surface area contributed by atoms with Crippen molar-refractivity contribution in [1.29, 1.82) is 0 Å². The van der Waals surface area contributed by atoms with Gasteiger partial charge < -0.3 is 4.52 Å². The summed E-state index contributed by atoms with van der Waals surface area (Å²) in [5.74, 6) is 0.983. The first-order valence-corrected chi connectivity index (χ1v) is 4.89. The monoisotopic (exact) mass is 213 g/mol. The minimum Gasteiger partial charge on any atom is -0.339 e. The third-order valence-corrected chi connectivity index (χ3v) is 1.77. The van der Waals surface area contributed by atoms with E-state index in [1.807, 2.05) is 6.92 Å². The van der Waals surface area contributed by atoms with Crippen LogP contribution in [0.25, 0.3) is 0 Å². The van der Waals surface area contributed by atoms with Crippen molar-refractivity contribution in [3.05, 3.63) is 11.7 Å². The van der Waals surface area contributed by atoms with Gasteiger partial charge in [-0.25, -0.2) is 5.48 Å². The lowest BCUT2D eigenvalue weighted by atomic mass is 10.3. The minimum absolute atomic E-state index is 0.201. The number of nitrogens with one attached hydrogen (secondary N) is 1. The number of aromatic nitrogens is 2. The summed E-state index contributed by atoms with van der Waals surface area (Å²) in [6.45, 7) is 2.04. The lowest BCUT2D eigenvalue weighted by Crippen LogP contribution is -2.21. The molecule has 0 bridgehead atoms. The largest absolute Gasteiger partial charge is 0.339 e. The van der Waals surface area contributed by atoms with Crippen molar-refractivity contribution in [1.82, 2.24) is 15.6 Å². The molecular formula is C9H15N3O3. The van der Waals surface area contributed by atoms with E-state index in [2.05, 4.69) is 20.5 Å². The average Bonchev–Trinajstić information content (AvgIpc) is 2.64. The molecule has 0 unspecified atom stereocenters. The van der Waals surface area contributed by atoms with Gasteiger partial charge in [-0.15, -0.1) is 0 Å². The topological polar surface area (TPSA) is 77.2 Å². The Morgan fingerprint density at radius 3 is 3.00 bits per heavy atom. The summed E-state index contributed by atoms with van der Waals surface area (Å²) in [6, 6.07) is 0. The van der Waals surface area contributed by atoms with Gasteiger partial charge in [0.2, 0.25) is 11.8 Å². The zero-order valence-corrected chi connectivity index (χ0v) is 8.95. The molecule has 0 aromatic carbocycles. The maximum absolute atomic E-state index is 11.0. The molecule has 0 saturated carbocycles. The predicted octanol–water partition coefficient (Wildman–Crippen LogP) is 0.632. The first kappa shape index (κ1) is 11.6. The molecule has 1 N–H and O–H groups in total. The number of amides is 1. The zero-order chi connectivity index (χ0) is 11.1. The third-order valence-electron chi connectivity index (χ3n) is 1.77. The van der Waals surface area contributed by atoms with Crippen LogP contribution >= 0.6 is 0 Å². The average molecular weight is 213 g/mol. The lowest BCUT2D eigenvalue weighted by molar-refractivity contribution is -0.131. The quantitative estimate of drug-likeness (QED) is 0.701. The minimum atomic E-state index is -0.201. The number of rotatable bonds is 6. The molecule has 1 rings (SSSR count). The summed E-state index contributed by atoms with van der Waals surface area (Å²) in [6.07, 6.45) is 2.49. The van der Waals surface area contributed by atoms with E-state index in [-0.39, 0.29) is 12.3 Å². The summed E-state index contributed by atoms with van der Waals surface area (Å²) < 4.78 is 4.96. The normalized spacial score (nSPS) is 10.3. The number of hydroxylamine groups is 1. The highest BCUT2D eigenvalue weighted by Gasteiger charge is 2.08. The van der Waals surface area contributed by atoms with E-state index < -0.39 is 0 Å². The van der Waals surface area contributed by atoms with Crippen LogP contribution in [-0.2, 0) is 22.5 Å². The lowest BCUT2D eigenvalue weighted by Gasteiger charge is -1.98. The molecule has 0 fully saturated rings. The highest BCUT2D eigenvalue weighted by Crippen LogP contribution is 2.02. The molecule has 84 valence electrons. The van der Waals surface area contributed by atoms with Gasteiger partial charge in [0.25, 0.3) is 0 Å². The van der Waals surface area contributed by atoms with E-state index >= 15 is 0 Å². The molecule has 0 radical (unpaired) electrons. The number of carbonyl (C=O) groups excluding carboxylic acids is 1. The van der Waals surface area contributed by atoms with Crippen molar-refractivity contribution in [2.24, 2.45) is 0 Å². The highest BCUT2D eigenvalue weighted by molar-refractivity contribution is 5.74. The predicted molar refractivity (Wildman–Crippen MR) is 51.8 cm³/mol. The maximum Gasteiger partial charge on any atom is 0.244 e. The van der Waals surface area contributed by atoms with E-state index in [0.29, 0.717) is 18.1 Å². The standard InChI is InChI=1S/C9H15N3O3/c1-3-4-7-10-9(15-11-7)6-5-8(13)12-14-2/h3-6H2,1-2H3,(H,12,13). The Labute approximate surface area is 87.9 Å². The van der Waals surface area contributed by atoms with Gasteiger partial charge >= 0.3 is 0 Å². The van der Waals surface area contributed by atoms with Crippen LogP contribution < -0.4 is 5.48 Å². The van der Waals surface area contributed by atoms with Crippen molar-refractivity contribution in [2.45, 2.75) is 32.6 Å². The van der Waals surface area contributed by atoms with Gasteiger partial charge in [0, 0.05) is 19.3 Å². The second-order valence-electron chi connectivity index (χ2n) is 3.08. The van der Waals surface area contributed by atoms with Gasteiger partial charge in [0.15, 0.2) is 5.82 Å². The molecule has 0 aliphatic rings. The second-order valence-corrected chi connectivity index (χ2v) is 3.08. The molecule has 0 aliphatic carbocycles. The third kappa shape index (κ3) is 4.07.